The average Bonchev–Trinajstić information content (AvgIpc) is 3.12. The van der Waals surface area contributed by atoms with E-state index < -0.39 is 0 Å². The molecule has 0 saturated carbocycles. The zero-order chi connectivity index (χ0) is 20.2. The fraction of sp³-hybridized carbons (Fsp3) is 0.524. The quantitative estimate of drug-likeness (QED) is 0.352. The molecule has 1 aromatic heterocycles. The van der Waals surface area contributed by atoms with Crippen LogP contribution in [0.4, 0.5) is 0 Å². The lowest BCUT2D eigenvalue weighted by Gasteiger charge is -2.13. The highest BCUT2D eigenvalue weighted by molar-refractivity contribution is 5.79. The normalized spacial score (nSPS) is 11.4. The van der Waals surface area contributed by atoms with Crippen molar-refractivity contribution in [3.05, 3.63) is 41.7 Å². The van der Waals surface area contributed by atoms with Gasteiger partial charge in [0.1, 0.15) is 0 Å². The third kappa shape index (κ3) is 7.13. The second-order valence-corrected chi connectivity index (χ2v) is 6.57. The average molecular weight is 388 g/mol. The van der Waals surface area contributed by atoms with Gasteiger partial charge in [0.2, 0.25) is 0 Å². The smallest absolute Gasteiger partial charge is 0.190 e. The van der Waals surface area contributed by atoms with Crippen LogP contribution in [0.3, 0.4) is 0 Å². The van der Waals surface area contributed by atoms with Crippen molar-refractivity contribution in [3.63, 3.8) is 0 Å². The number of benzene rings is 1. The highest BCUT2D eigenvalue weighted by Crippen LogP contribution is 2.28. The minimum absolute atomic E-state index is 0.629. The maximum absolute atomic E-state index is 5.64. The summed E-state index contributed by atoms with van der Waals surface area (Å²) in [6, 6.07) is 6.12. The predicted molar refractivity (Wildman–Crippen MR) is 113 cm³/mol. The van der Waals surface area contributed by atoms with Crippen LogP contribution in [-0.2, 0) is 19.9 Å². The number of hydrogen-bond donors (Lipinski definition) is 2. The third-order valence-electron chi connectivity index (χ3n) is 4.38. The predicted octanol–water partition coefficient (Wildman–Crippen LogP) is 2.56. The van der Waals surface area contributed by atoms with E-state index >= 15 is 0 Å². The van der Waals surface area contributed by atoms with E-state index in [2.05, 4.69) is 39.1 Å². The molecule has 0 spiro atoms. The van der Waals surface area contributed by atoms with E-state index in [0.717, 1.165) is 56.2 Å². The molecule has 0 unspecified atom stereocenters. The Bertz CT molecular complexity index is 742. The molecule has 0 amide bonds. The molecule has 0 atom stereocenters. The van der Waals surface area contributed by atoms with Crippen molar-refractivity contribution in [2.24, 2.45) is 12.0 Å². The van der Waals surface area contributed by atoms with E-state index in [4.69, 9.17) is 9.47 Å². The zero-order valence-electron chi connectivity index (χ0n) is 17.5. The van der Waals surface area contributed by atoms with Crippen LogP contribution in [0.1, 0.15) is 30.9 Å². The summed E-state index contributed by atoms with van der Waals surface area (Å²) in [6.45, 7) is 4.35. The number of hydrogen-bond acceptors (Lipinski definition) is 4. The number of methoxy groups -OCH3 is 1. The molecule has 0 bridgehead atoms. The lowest BCUT2D eigenvalue weighted by Crippen LogP contribution is -2.38. The van der Waals surface area contributed by atoms with Gasteiger partial charge in [-0.2, -0.15) is 5.10 Å². The lowest BCUT2D eigenvalue weighted by atomic mass is 10.1. The van der Waals surface area contributed by atoms with Gasteiger partial charge in [-0.3, -0.25) is 9.67 Å². The highest BCUT2D eigenvalue weighted by Gasteiger charge is 2.05. The SMILES string of the molecule is CCOc1cc(CCCNC(=NC)NCCCc2cnn(C)c2)ccc1OC. The molecular formula is C21H33N5O2. The zero-order valence-corrected chi connectivity index (χ0v) is 17.5. The molecule has 1 aromatic carbocycles. The molecule has 0 radical (unpaired) electrons. The summed E-state index contributed by atoms with van der Waals surface area (Å²) in [7, 11) is 5.40. The molecule has 2 N–H and O–H groups in total. The highest BCUT2D eigenvalue weighted by atomic mass is 16.5. The number of nitrogens with one attached hydrogen (secondary N) is 2. The van der Waals surface area contributed by atoms with Crippen LogP contribution in [0, 0.1) is 0 Å². The van der Waals surface area contributed by atoms with Crippen molar-refractivity contribution < 1.29 is 9.47 Å². The lowest BCUT2D eigenvalue weighted by molar-refractivity contribution is 0.310. The molecule has 0 aliphatic carbocycles. The maximum atomic E-state index is 5.64. The molecule has 0 fully saturated rings. The third-order valence-corrected chi connectivity index (χ3v) is 4.38. The Morgan fingerprint density at radius 3 is 2.39 bits per heavy atom. The Kier molecular flexibility index (Phi) is 9.18. The monoisotopic (exact) mass is 387 g/mol. The van der Waals surface area contributed by atoms with Crippen molar-refractivity contribution >= 4 is 5.96 Å². The molecule has 2 aromatic rings. The second-order valence-electron chi connectivity index (χ2n) is 6.57. The van der Waals surface area contributed by atoms with Gasteiger partial charge >= 0.3 is 0 Å². The standard InChI is InChI=1S/C21H33N5O2/c1-5-28-20-14-17(10-11-19(20)27-4)8-6-12-23-21(22-2)24-13-7-9-18-15-25-26(3)16-18/h10-11,14-16H,5-9,12-13H2,1-4H3,(H2,22,23,24). The van der Waals surface area contributed by atoms with E-state index in [1.807, 2.05) is 30.9 Å². The van der Waals surface area contributed by atoms with Crippen molar-refractivity contribution in [3.8, 4) is 11.5 Å². The second kappa shape index (κ2) is 11.9. The number of ether oxygens (including phenoxy) is 2. The Labute approximate surface area is 168 Å². The van der Waals surface area contributed by atoms with Gasteiger partial charge in [-0.25, -0.2) is 0 Å². The molecule has 0 saturated heterocycles. The fourth-order valence-corrected chi connectivity index (χ4v) is 2.97. The van der Waals surface area contributed by atoms with Gasteiger partial charge in [0.05, 0.1) is 19.9 Å². The number of aryl methyl sites for hydroxylation is 3. The van der Waals surface area contributed by atoms with Crippen LogP contribution in [0.2, 0.25) is 0 Å². The topological polar surface area (TPSA) is 72.7 Å². The summed E-state index contributed by atoms with van der Waals surface area (Å²) in [4.78, 5) is 4.28. The fourth-order valence-electron chi connectivity index (χ4n) is 2.97. The van der Waals surface area contributed by atoms with Gasteiger partial charge < -0.3 is 20.1 Å². The molecular weight excluding hydrogens is 354 g/mol. The molecule has 2 rings (SSSR count). The first-order chi connectivity index (χ1) is 13.7. The van der Waals surface area contributed by atoms with Crippen molar-refractivity contribution in [2.75, 3.05) is 33.9 Å². The molecule has 7 heteroatoms. The van der Waals surface area contributed by atoms with Crippen molar-refractivity contribution in [2.45, 2.75) is 32.6 Å². The van der Waals surface area contributed by atoms with Gasteiger partial charge in [0.15, 0.2) is 17.5 Å². The number of rotatable bonds is 11. The molecule has 0 aliphatic rings. The van der Waals surface area contributed by atoms with Gasteiger partial charge in [-0.05, 0) is 55.9 Å². The molecule has 154 valence electrons. The van der Waals surface area contributed by atoms with Crippen LogP contribution in [0.15, 0.2) is 35.6 Å². The Hall–Kier alpha value is -2.70. The van der Waals surface area contributed by atoms with E-state index in [1.165, 1.54) is 11.1 Å². The molecule has 1 heterocycles. The maximum Gasteiger partial charge on any atom is 0.190 e. The van der Waals surface area contributed by atoms with Crippen LogP contribution >= 0.6 is 0 Å². The number of aromatic nitrogens is 2. The van der Waals surface area contributed by atoms with Crippen LogP contribution < -0.4 is 20.1 Å². The van der Waals surface area contributed by atoms with E-state index in [1.54, 1.807) is 14.2 Å². The number of aliphatic imine (C=N–C) groups is 1. The summed E-state index contributed by atoms with van der Waals surface area (Å²) in [5.41, 5.74) is 2.50. The summed E-state index contributed by atoms with van der Waals surface area (Å²) >= 11 is 0. The molecule has 7 nitrogen and oxygen atoms in total. The minimum Gasteiger partial charge on any atom is -0.493 e. The summed E-state index contributed by atoms with van der Waals surface area (Å²) in [5, 5.41) is 10.9. The van der Waals surface area contributed by atoms with Gasteiger partial charge in [-0.15, -0.1) is 0 Å². The van der Waals surface area contributed by atoms with Gasteiger partial charge in [0.25, 0.3) is 0 Å². The summed E-state index contributed by atoms with van der Waals surface area (Å²) in [5.74, 6) is 2.43. The largest absolute Gasteiger partial charge is 0.493 e. The van der Waals surface area contributed by atoms with Gasteiger partial charge in [-0.1, -0.05) is 6.07 Å². The summed E-state index contributed by atoms with van der Waals surface area (Å²) < 4.78 is 12.8. The first kappa shape index (κ1) is 21.6. The van der Waals surface area contributed by atoms with Crippen LogP contribution in [0.5, 0.6) is 11.5 Å². The molecule has 28 heavy (non-hydrogen) atoms. The first-order valence-corrected chi connectivity index (χ1v) is 9.88. The number of guanidine groups is 1. The van der Waals surface area contributed by atoms with Crippen LogP contribution in [0.25, 0.3) is 0 Å². The number of nitrogens with zero attached hydrogens (tertiary/aromatic N) is 3. The van der Waals surface area contributed by atoms with E-state index in [0.29, 0.717) is 6.61 Å². The summed E-state index contributed by atoms with van der Waals surface area (Å²) in [6.07, 6.45) is 8.01. The van der Waals surface area contributed by atoms with E-state index in [9.17, 15) is 0 Å². The Morgan fingerprint density at radius 1 is 1.11 bits per heavy atom. The van der Waals surface area contributed by atoms with Gasteiger partial charge in [0, 0.05) is 33.4 Å². The minimum atomic E-state index is 0.629. The van der Waals surface area contributed by atoms with Crippen LogP contribution in [-0.4, -0.2) is 49.6 Å². The van der Waals surface area contributed by atoms with E-state index in [-0.39, 0.29) is 0 Å². The Morgan fingerprint density at radius 2 is 1.82 bits per heavy atom. The molecule has 0 aliphatic heterocycles. The van der Waals surface area contributed by atoms with Crippen molar-refractivity contribution in [1.29, 1.82) is 0 Å². The Balaban J connectivity index is 1.66. The first-order valence-electron chi connectivity index (χ1n) is 9.88. The van der Waals surface area contributed by atoms with Crippen molar-refractivity contribution in [1.82, 2.24) is 20.4 Å².